The Balaban J connectivity index is 0. The second-order valence-corrected chi connectivity index (χ2v) is 9.25. The fourth-order valence-corrected chi connectivity index (χ4v) is 2.66. The second kappa shape index (κ2) is 12.3. The predicted octanol–water partition coefficient (Wildman–Crippen LogP) is 0.306. The first-order chi connectivity index (χ1) is 12.2. The topological polar surface area (TPSA) is 66.2 Å². The number of carbonyl (C=O) groups is 2. The van der Waals surface area contributed by atoms with E-state index in [1.165, 1.54) is 0 Å². The summed E-state index contributed by atoms with van der Waals surface area (Å²) in [4.78, 5) is 34.5. The molecule has 1 rings (SSSR count). The maximum absolute atomic E-state index is 11.8. The number of likely N-dealkylation sites (N-methyl/N-ethyl adjacent to an activating group) is 1. The Kier molecular flexibility index (Phi) is 12.7. The highest BCUT2D eigenvalue weighted by molar-refractivity contribution is 5.85. The quantitative estimate of drug-likeness (QED) is 0.455. The standard InChI is InChI=1S/C12H24N2O.C9H16NO2.ClH/c1-8-12(3,4)11(15)13-10(2)9-14(5,6)7;1-3-7(2)9(11)8-5-4-6-10(8)12;/h2,8-9H2,1,3-7H3;7-8H,3-6H2,1-2H3;1H/q;+1;. The van der Waals surface area contributed by atoms with E-state index >= 15 is 0 Å². The van der Waals surface area contributed by atoms with E-state index < -0.39 is 0 Å². The number of Topliss-reactive ketones (excluding diaryl/α,β-unsaturated/α-hetero) is 1. The maximum Gasteiger partial charge on any atom is 0.259 e. The van der Waals surface area contributed by atoms with Gasteiger partial charge < -0.3 is 22.2 Å². The van der Waals surface area contributed by atoms with Gasteiger partial charge in [0.05, 0.1) is 26.8 Å². The highest BCUT2D eigenvalue weighted by Crippen LogP contribution is 2.20. The summed E-state index contributed by atoms with van der Waals surface area (Å²) in [5, 5.41) is 2.88. The molecule has 0 aromatic rings. The lowest BCUT2D eigenvalue weighted by atomic mass is 9.89. The second-order valence-electron chi connectivity index (χ2n) is 9.25. The Morgan fingerprint density at radius 1 is 1.25 bits per heavy atom. The average molecular weight is 419 g/mol. The number of nitrogens with zero attached hydrogens (tertiary/aromatic N) is 2. The van der Waals surface area contributed by atoms with Crippen molar-refractivity contribution in [3.8, 4) is 0 Å². The summed E-state index contributed by atoms with van der Waals surface area (Å²) in [6, 6.07) is -0.333. The lowest BCUT2D eigenvalue weighted by Gasteiger charge is -2.27. The average Bonchev–Trinajstić information content (AvgIpc) is 2.98. The van der Waals surface area contributed by atoms with Gasteiger partial charge in [0.1, 0.15) is 6.54 Å². The van der Waals surface area contributed by atoms with Crippen LogP contribution in [-0.2, 0) is 9.59 Å². The molecule has 1 saturated heterocycles. The van der Waals surface area contributed by atoms with Crippen molar-refractivity contribution in [3.63, 3.8) is 0 Å². The van der Waals surface area contributed by atoms with E-state index in [4.69, 9.17) is 0 Å². The highest BCUT2D eigenvalue weighted by atomic mass is 35.5. The largest absolute Gasteiger partial charge is 1.00 e. The number of nitroso groups, excluding NO2 is 1. The van der Waals surface area contributed by atoms with Gasteiger partial charge in [-0.15, -0.1) is 0 Å². The minimum Gasteiger partial charge on any atom is -1.00 e. The summed E-state index contributed by atoms with van der Waals surface area (Å²) < 4.78 is 1.71. The molecule has 1 aliphatic heterocycles. The molecule has 0 spiro atoms. The molecule has 28 heavy (non-hydrogen) atoms. The molecule has 1 aliphatic rings. The van der Waals surface area contributed by atoms with Crippen LogP contribution in [0.4, 0.5) is 0 Å². The monoisotopic (exact) mass is 418 g/mol. The van der Waals surface area contributed by atoms with Crippen LogP contribution in [-0.4, -0.2) is 61.2 Å². The van der Waals surface area contributed by atoms with Crippen molar-refractivity contribution in [2.75, 3.05) is 34.2 Å². The SMILES string of the molecule is C=C(C[N+](C)(C)C)NC(=O)C(C)(C)CC.CCC(C)C(=O)C1CCC[N+]1=O.[Cl-]. The van der Waals surface area contributed by atoms with E-state index in [2.05, 4.69) is 33.0 Å². The van der Waals surface area contributed by atoms with E-state index in [-0.39, 0.29) is 41.5 Å². The fourth-order valence-electron chi connectivity index (χ4n) is 2.66. The highest BCUT2D eigenvalue weighted by Gasteiger charge is 2.39. The molecule has 1 fully saturated rings. The molecule has 0 aromatic heterocycles. The number of halogens is 1. The normalized spacial score (nSPS) is 17.7. The van der Waals surface area contributed by atoms with Crippen molar-refractivity contribution >= 4 is 11.7 Å². The first-order valence-electron chi connectivity index (χ1n) is 10.0. The third-order valence-corrected chi connectivity index (χ3v) is 5.08. The zero-order chi connectivity index (χ0) is 21.4. The molecule has 1 N–H and O–H groups in total. The van der Waals surface area contributed by atoms with Gasteiger partial charge in [0.25, 0.3) is 6.04 Å². The number of rotatable bonds is 8. The fraction of sp³-hybridized carbons (Fsp3) is 0.810. The summed E-state index contributed by atoms with van der Waals surface area (Å²) in [5.74, 6) is 0.234. The number of quaternary nitrogens is 1. The number of amides is 1. The lowest BCUT2D eigenvalue weighted by Crippen LogP contribution is -3.00. The molecular formula is C21H41ClN3O3+. The Bertz CT molecular complexity index is 554. The minimum absolute atomic E-state index is 0. The van der Waals surface area contributed by atoms with Gasteiger partial charge in [-0.2, -0.15) is 0 Å². The van der Waals surface area contributed by atoms with E-state index in [0.29, 0.717) is 6.54 Å². The van der Waals surface area contributed by atoms with Gasteiger partial charge in [-0.1, -0.05) is 41.2 Å². The Hall–Kier alpha value is -1.27. The Morgan fingerprint density at radius 3 is 2.14 bits per heavy atom. The van der Waals surface area contributed by atoms with Crippen LogP contribution >= 0.6 is 0 Å². The van der Waals surface area contributed by atoms with Crippen LogP contribution in [0.15, 0.2) is 12.3 Å². The Morgan fingerprint density at radius 2 is 1.79 bits per heavy atom. The van der Waals surface area contributed by atoms with E-state index in [1.54, 1.807) is 0 Å². The molecule has 0 saturated carbocycles. The number of hydrogen-bond acceptors (Lipinski definition) is 3. The van der Waals surface area contributed by atoms with Crippen LogP contribution in [0.25, 0.3) is 0 Å². The zero-order valence-corrected chi connectivity index (χ0v) is 19.9. The molecule has 0 aliphatic carbocycles. The van der Waals surface area contributed by atoms with Gasteiger partial charge in [-0.25, -0.2) is 0 Å². The van der Waals surface area contributed by atoms with Gasteiger partial charge in [-0.05, 0) is 12.8 Å². The van der Waals surface area contributed by atoms with Crippen LogP contribution in [0, 0.1) is 16.2 Å². The van der Waals surface area contributed by atoms with Crippen LogP contribution in [0.2, 0.25) is 0 Å². The number of hydrogen-bond donors (Lipinski definition) is 1. The first-order valence-corrected chi connectivity index (χ1v) is 10.0. The van der Waals surface area contributed by atoms with Gasteiger partial charge >= 0.3 is 0 Å². The summed E-state index contributed by atoms with van der Waals surface area (Å²) >= 11 is 0. The van der Waals surface area contributed by atoms with E-state index in [0.717, 1.165) is 47.2 Å². The molecule has 7 heteroatoms. The third kappa shape index (κ3) is 10.3. The lowest BCUT2D eigenvalue weighted by molar-refractivity contribution is -0.865. The Labute approximate surface area is 177 Å². The summed E-state index contributed by atoms with van der Waals surface area (Å²) in [6.07, 6.45) is 3.29. The van der Waals surface area contributed by atoms with Crippen molar-refractivity contribution < 1.29 is 31.2 Å². The first kappa shape index (κ1) is 28.9. The zero-order valence-electron chi connectivity index (χ0n) is 19.1. The third-order valence-electron chi connectivity index (χ3n) is 5.08. The molecule has 0 aromatic carbocycles. The molecule has 0 bridgehead atoms. The molecule has 0 radical (unpaired) electrons. The van der Waals surface area contributed by atoms with Crippen molar-refractivity contribution in [1.29, 1.82) is 0 Å². The van der Waals surface area contributed by atoms with Crippen molar-refractivity contribution in [3.05, 3.63) is 17.2 Å². The van der Waals surface area contributed by atoms with Crippen LogP contribution in [0.1, 0.15) is 60.3 Å². The maximum atomic E-state index is 11.8. The van der Waals surface area contributed by atoms with Crippen molar-refractivity contribution in [2.45, 2.75) is 66.3 Å². The summed E-state index contributed by atoms with van der Waals surface area (Å²) in [5.41, 5.74) is 0.474. The van der Waals surface area contributed by atoms with Crippen molar-refractivity contribution in [2.24, 2.45) is 11.3 Å². The molecule has 2 unspecified atom stereocenters. The van der Waals surface area contributed by atoms with Gasteiger partial charge in [0.2, 0.25) is 11.7 Å². The molecule has 6 nitrogen and oxygen atoms in total. The van der Waals surface area contributed by atoms with Gasteiger partial charge in [-0.3, -0.25) is 9.59 Å². The summed E-state index contributed by atoms with van der Waals surface area (Å²) in [7, 11) is 6.22. The van der Waals surface area contributed by atoms with Crippen LogP contribution < -0.4 is 17.7 Å². The number of carbonyl (C=O) groups excluding carboxylic acids is 2. The molecule has 164 valence electrons. The number of ketones is 1. The molecule has 1 amide bonds. The summed E-state index contributed by atoms with van der Waals surface area (Å²) in [6.45, 7) is 15.0. The molecule has 2 atom stereocenters. The number of nitrogens with one attached hydrogen (secondary N) is 1. The van der Waals surface area contributed by atoms with E-state index in [9.17, 15) is 14.5 Å². The van der Waals surface area contributed by atoms with E-state index in [1.807, 2.05) is 34.6 Å². The van der Waals surface area contributed by atoms with Crippen LogP contribution in [0.3, 0.4) is 0 Å². The minimum atomic E-state index is -0.333. The molecular weight excluding hydrogens is 378 g/mol. The smallest absolute Gasteiger partial charge is 0.259 e. The van der Waals surface area contributed by atoms with Gasteiger partial charge in [0, 0.05) is 33.8 Å². The predicted molar refractivity (Wildman–Crippen MR) is 110 cm³/mol. The molecule has 1 heterocycles. The van der Waals surface area contributed by atoms with Gasteiger partial charge in [0.15, 0.2) is 6.54 Å². The van der Waals surface area contributed by atoms with Crippen LogP contribution in [0.5, 0.6) is 0 Å². The van der Waals surface area contributed by atoms with Crippen molar-refractivity contribution in [1.82, 2.24) is 5.32 Å².